The molecule has 7 nitrogen and oxygen atoms in total. The quantitative estimate of drug-likeness (QED) is 0.173. The number of rotatable bonds is 11. The molecule has 1 atom stereocenters. The van der Waals surface area contributed by atoms with Gasteiger partial charge in [0.25, 0.3) is 0 Å². The van der Waals surface area contributed by atoms with E-state index in [4.69, 9.17) is 18.9 Å². The van der Waals surface area contributed by atoms with Gasteiger partial charge in [0.1, 0.15) is 11.9 Å². The normalized spacial score (nSPS) is 16.1. The molecule has 1 amide bonds. The summed E-state index contributed by atoms with van der Waals surface area (Å²) in [7, 11) is 6.37. The lowest BCUT2D eigenvalue weighted by atomic mass is 10.0. The highest BCUT2D eigenvalue weighted by molar-refractivity contribution is 7.98. The molecule has 0 aliphatic carbocycles. The number of carbonyl (C=O) groups excluding carboxylic acids is 1. The average molecular weight is 519 g/mol. The Morgan fingerprint density at radius 1 is 1.17 bits per heavy atom. The summed E-state index contributed by atoms with van der Waals surface area (Å²) in [6.07, 6.45) is 8.05. The summed E-state index contributed by atoms with van der Waals surface area (Å²) in [6, 6.07) is 5.85. The molecule has 36 heavy (non-hydrogen) atoms. The lowest BCUT2D eigenvalue weighted by molar-refractivity contribution is -0.120. The maximum atomic E-state index is 12.8. The summed E-state index contributed by atoms with van der Waals surface area (Å²) in [5, 5.41) is 6.40. The van der Waals surface area contributed by atoms with Crippen molar-refractivity contribution in [2.45, 2.75) is 44.7 Å². The van der Waals surface area contributed by atoms with Crippen LogP contribution in [0.3, 0.4) is 0 Å². The number of benzene rings is 1. The SMILES string of the molecule is C=C(OC)/C(=C\C/C(=C\COC)C1NC=C(c2cccc(OC)c2SC)CC(=O)N1)OC.CC(C)C. The molecule has 0 saturated heterocycles. The van der Waals surface area contributed by atoms with Crippen LogP contribution in [0.4, 0.5) is 0 Å². The lowest BCUT2D eigenvalue weighted by Gasteiger charge is -2.20. The highest BCUT2D eigenvalue weighted by Crippen LogP contribution is 2.36. The third-order valence-corrected chi connectivity index (χ3v) is 5.81. The van der Waals surface area contributed by atoms with Crippen LogP contribution in [0.25, 0.3) is 5.57 Å². The Morgan fingerprint density at radius 2 is 1.86 bits per heavy atom. The summed E-state index contributed by atoms with van der Waals surface area (Å²) >= 11 is 1.59. The third kappa shape index (κ3) is 10.0. The standard InChI is InChI=1S/C24H32N2O5S.C4H10/c1-16(29-3)20(30-4)11-10-17(12-13-28-2)24-25-15-18(14-22(27)26-24)19-8-7-9-21(31-5)23(19)32-6;1-4(2)3/h7-9,11-12,15,24-25H,1,10,13-14H2,2-6H3,(H,26,27);4H,1-3H3/b17-12+,20-11+;. The highest BCUT2D eigenvalue weighted by Gasteiger charge is 2.22. The van der Waals surface area contributed by atoms with E-state index in [0.29, 0.717) is 24.5 Å². The van der Waals surface area contributed by atoms with Crippen molar-refractivity contribution in [3.8, 4) is 5.75 Å². The van der Waals surface area contributed by atoms with Crippen molar-refractivity contribution in [2.24, 2.45) is 5.92 Å². The van der Waals surface area contributed by atoms with Crippen LogP contribution in [-0.2, 0) is 19.0 Å². The van der Waals surface area contributed by atoms with E-state index in [-0.39, 0.29) is 12.3 Å². The van der Waals surface area contributed by atoms with E-state index in [1.165, 1.54) is 7.11 Å². The molecule has 0 spiro atoms. The van der Waals surface area contributed by atoms with Crippen LogP contribution in [0.5, 0.6) is 5.75 Å². The van der Waals surface area contributed by atoms with E-state index in [1.807, 2.05) is 42.8 Å². The summed E-state index contributed by atoms with van der Waals surface area (Å²) in [6.45, 7) is 10.7. The maximum Gasteiger partial charge on any atom is 0.226 e. The first-order valence-corrected chi connectivity index (χ1v) is 13.1. The monoisotopic (exact) mass is 518 g/mol. The van der Waals surface area contributed by atoms with E-state index in [0.717, 1.165) is 33.3 Å². The van der Waals surface area contributed by atoms with Crippen molar-refractivity contribution in [3.05, 3.63) is 65.8 Å². The average Bonchev–Trinajstić information content (AvgIpc) is 3.06. The summed E-state index contributed by atoms with van der Waals surface area (Å²) in [4.78, 5) is 13.8. The van der Waals surface area contributed by atoms with Gasteiger partial charge in [-0.1, -0.05) is 45.6 Å². The zero-order valence-corrected chi connectivity index (χ0v) is 23.7. The van der Waals surface area contributed by atoms with Gasteiger partial charge in [-0.15, -0.1) is 11.8 Å². The van der Waals surface area contributed by atoms with Gasteiger partial charge in [0.15, 0.2) is 11.5 Å². The Kier molecular flexibility index (Phi) is 14.5. The second-order valence-corrected chi connectivity index (χ2v) is 9.44. The number of amides is 1. The number of hydrogen-bond acceptors (Lipinski definition) is 7. The Labute approximate surface area is 221 Å². The molecule has 0 radical (unpaired) electrons. The van der Waals surface area contributed by atoms with Crippen molar-refractivity contribution < 1.29 is 23.7 Å². The molecule has 1 aliphatic heterocycles. The number of thioether (sulfide) groups is 1. The van der Waals surface area contributed by atoms with Gasteiger partial charge in [0.05, 0.1) is 39.3 Å². The van der Waals surface area contributed by atoms with E-state index in [1.54, 1.807) is 33.1 Å². The molecule has 0 saturated carbocycles. The topological polar surface area (TPSA) is 78.0 Å². The molecule has 1 aromatic carbocycles. The fourth-order valence-electron chi connectivity index (χ4n) is 3.31. The molecule has 0 aromatic heterocycles. The minimum absolute atomic E-state index is 0.0818. The first-order valence-electron chi connectivity index (χ1n) is 11.8. The van der Waals surface area contributed by atoms with Crippen LogP contribution in [0.1, 0.15) is 39.2 Å². The zero-order chi connectivity index (χ0) is 27.1. The molecular weight excluding hydrogens is 476 g/mol. The Morgan fingerprint density at radius 3 is 2.42 bits per heavy atom. The van der Waals surface area contributed by atoms with Crippen molar-refractivity contribution in [3.63, 3.8) is 0 Å². The van der Waals surface area contributed by atoms with Crippen molar-refractivity contribution in [1.29, 1.82) is 0 Å². The molecule has 1 aromatic rings. The Bertz CT molecular complexity index is 951. The van der Waals surface area contributed by atoms with Gasteiger partial charge < -0.3 is 29.6 Å². The molecule has 0 fully saturated rings. The van der Waals surface area contributed by atoms with E-state index < -0.39 is 6.17 Å². The molecule has 8 heteroatoms. The largest absolute Gasteiger partial charge is 0.496 e. The molecule has 1 heterocycles. The number of allylic oxidation sites excluding steroid dienone is 1. The lowest BCUT2D eigenvalue weighted by Crippen LogP contribution is -2.43. The van der Waals surface area contributed by atoms with E-state index in [2.05, 4.69) is 38.0 Å². The van der Waals surface area contributed by atoms with E-state index >= 15 is 0 Å². The molecular formula is C28H42N2O5S. The van der Waals surface area contributed by atoms with Crippen LogP contribution in [0.15, 0.2) is 65.1 Å². The molecule has 200 valence electrons. The molecule has 2 N–H and O–H groups in total. The van der Waals surface area contributed by atoms with Gasteiger partial charge in [0, 0.05) is 13.3 Å². The van der Waals surface area contributed by atoms with Crippen molar-refractivity contribution >= 4 is 23.2 Å². The molecule has 2 rings (SSSR count). The minimum atomic E-state index is -0.399. The number of hydrogen-bond donors (Lipinski definition) is 2. The first-order chi connectivity index (χ1) is 17.2. The molecule has 0 bridgehead atoms. The van der Waals surface area contributed by atoms with Crippen LogP contribution in [0.2, 0.25) is 0 Å². The number of carbonyl (C=O) groups is 1. The summed E-state index contributed by atoms with van der Waals surface area (Å²) in [5.41, 5.74) is 2.78. The molecule has 1 unspecified atom stereocenters. The number of methoxy groups -OCH3 is 4. The second kappa shape index (κ2) is 16.8. The van der Waals surface area contributed by atoms with Gasteiger partial charge in [-0.05, 0) is 47.4 Å². The number of nitrogens with one attached hydrogen (secondary N) is 2. The van der Waals surface area contributed by atoms with Crippen LogP contribution in [0, 0.1) is 5.92 Å². The number of ether oxygens (including phenoxy) is 4. The van der Waals surface area contributed by atoms with Gasteiger partial charge in [-0.2, -0.15) is 0 Å². The molecule has 1 aliphatic rings. The highest BCUT2D eigenvalue weighted by atomic mass is 32.2. The summed E-state index contributed by atoms with van der Waals surface area (Å²) < 4.78 is 21.2. The predicted octanol–water partition coefficient (Wildman–Crippen LogP) is 5.51. The smallest absolute Gasteiger partial charge is 0.226 e. The van der Waals surface area contributed by atoms with Crippen LogP contribution in [-0.4, -0.2) is 53.4 Å². The van der Waals surface area contributed by atoms with Crippen molar-refractivity contribution in [1.82, 2.24) is 10.6 Å². The van der Waals surface area contributed by atoms with Gasteiger partial charge in [-0.3, -0.25) is 4.79 Å². The van der Waals surface area contributed by atoms with Gasteiger partial charge in [-0.25, -0.2) is 0 Å². The van der Waals surface area contributed by atoms with Crippen LogP contribution < -0.4 is 15.4 Å². The van der Waals surface area contributed by atoms with E-state index in [9.17, 15) is 4.79 Å². The summed E-state index contributed by atoms with van der Waals surface area (Å²) in [5.74, 6) is 2.50. The van der Waals surface area contributed by atoms with Crippen LogP contribution >= 0.6 is 11.8 Å². The fourth-order valence-corrected chi connectivity index (χ4v) is 4.08. The third-order valence-electron chi connectivity index (χ3n) is 4.98. The van der Waals surface area contributed by atoms with Gasteiger partial charge >= 0.3 is 0 Å². The minimum Gasteiger partial charge on any atom is -0.496 e. The predicted molar refractivity (Wildman–Crippen MR) is 149 cm³/mol. The maximum absolute atomic E-state index is 12.8. The van der Waals surface area contributed by atoms with Crippen molar-refractivity contribution in [2.75, 3.05) is 41.3 Å². The van der Waals surface area contributed by atoms with Gasteiger partial charge in [0.2, 0.25) is 5.91 Å². The fraction of sp³-hybridized carbons (Fsp3) is 0.464. The zero-order valence-electron chi connectivity index (χ0n) is 22.9. The Balaban J connectivity index is 0.00000150. The Hall–Kier alpha value is -2.84. The second-order valence-electron chi connectivity index (χ2n) is 8.62. The first kappa shape index (κ1) is 31.2.